The second kappa shape index (κ2) is 4.33. The van der Waals surface area contributed by atoms with Crippen molar-refractivity contribution in [3.63, 3.8) is 0 Å². The van der Waals surface area contributed by atoms with Gasteiger partial charge >= 0.3 is 0 Å². The van der Waals surface area contributed by atoms with E-state index in [1.54, 1.807) is 0 Å². The van der Waals surface area contributed by atoms with E-state index in [1.807, 2.05) is 6.92 Å². The molecule has 1 rings (SSSR count). The summed E-state index contributed by atoms with van der Waals surface area (Å²) in [5.74, 6) is 0. The van der Waals surface area contributed by atoms with E-state index < -0.39 is 0 Å². The number of benzene rings is 1. The average Bonchev–Trinajstić information content (AvgIpc) is 2.15. The van der Waals surface area contributed by atoms with E-state index >= 15 is 0 Å². The molecule has 0 aromatic heterocycles. The monoisotopic (exact) mass is 207 g/mol. The zero-order chi connectivity index (χ0) is 11.6. The van der Waals surface area contributed by atoms with Crippen LogP contribution in [0.25, 0.3) is 0 Å². The minimum atomic E-state index is -0.318. The van der Waals surface area contributed by atoms with E-state index in [0.29, 0.717) is 6.54 Å². The normalized spacial score (nSPS) is 15.1. The third kappa shape index (κ3) is 2.21. The minimum Gasteiger partial charge on any atom is -0.395 e. The Bertz CT molecular complexity index is 331. The van der Waals surface area contributed by atoms with Crippen molar-refractivity contribution >= 4 is 0 Å². The molecule has 1 atom stereocenters. The number of rotatable bonds is 3. The Labute approximate surface area is 92.1 Å². The van der Waals surface area contributed by atoms with E-state index in [9.17, 15) is 5.11 Å². The summed E-state index contributed by atoms with van der Waals surface area (Å²) in [7, 11) is 0. The number of hydrogen-bond acceptors (Lipinski definition) is 2. The summed E-state index contributed by atoms with van der Waals surface area (Å²) in [4.78, 5) is 0. The van der Waals surface area contributed by atoms with Crippen molar-refractivity contribution in [2.24, 2.45) is 5.73 Å². The molecule has 1 unspecified atom stereocenters. The van der Waals surface area contributed by atoms with E-state index in [-0.39, 0.29) is 12.0 Å². The maximum Gasteiger partial charge on any atom is 0.0537 e. The minimum absolute atomic E-state index is 0.0915. The van der Waals surface area contributed by atoms with Crippen molar-refractivity contribution in [1.29, 1.82) is 0 Å². The number of nitrogens with two attached hydrogens (primary N) is 1. The highest BCUT2D eigenvalue weighted by Crippen LogP contribution is 2.29. The summed E-state index contributed by atoms with van der Waals surface area (Å²) >= 11 is 0. The molecule has 84 valence electrons. The van der Waals surface area contributed by atoms with Gasteiger partial charge in [-0.3, -0.25) is 0 Å². The number of hydrogen-bond donors (Lipinski definition) is 2. The molecule has 2 heteroatoms. The fraction of sp³-hybridized carbons (Fsp3) is 0.538. The predicted molar refractivity (Wildman–Crippen MR) is 64.1 cm³/mol. The molecule has 0 aliphatic carbocycles. The van der Waals surface area contributed by atoms with E-state index in [4.69, 9.17) is 5.73 Å². The van der Waals surface area contributed by atoms with Crippen LogP contribution in [-0.4, -0.2) is 18.3 Å². The maximum atomic E-state index is 9.48. The third-order valence-electron chi connectivity index (χ3n) is 3.08. The van der Waals surface area contributed by atoms with Crippen LogP contribution in [0.3, 0.4) is 0 Å². The van der Waals surface area contributed by atoms with Gasteiger partial charge in [0.25, 0.3) is 0 Å². The molecule has 0 aliphatic heterocycles. The first-order valence-electron chi connectivity index (χ1n) is 5.34. The van der Waals surface area contributed by atoms with E-state index in [2.05, 4.69) is 32.9 Å². The summed E-state index contributed by atoms with van der Waals surface area (Å²) < 4.78 is 0. The summed E-state index contributed by atoms with van der Waals surface area (Å²) in [5, 5.41) is 9.48. The SMILES string of the molecule is Cc1cc(C)c(C(C)(CN)CO)c(C)c1. The average molecular weight is 207 g/mol. The van der Waals surface area contributed by atoms with Gasteiger partial charge in [-0.2, -0.15) is 0 Å². The van der Waals surface area contributed by atoms with Gasteiger partial charge in [0, 0.05) is 12.0 Å². The molecular formula is C13H21NO. The molecule has 0 radical (unpaired) electrons. The van der Waals surface area contributed by atoms with Crippen LogP contribution in [0, 0.1) is 20.8 Å². The van der Waals surface area contributed by atoms with Crippen LogP contribution < -0.4 is 5.73 Å². The van der Waals surface area contributed by atoms with Gasteiger partial charge in [0.2, 0.25) is 0 Å². The Hall–Kier alpha value is -0.860. The van der Waals surface area contributed by atoms with Gasteiger partial charge in [-0.15, -0.1) is 0 Å². The fourth-order valence-electron chi connectivity index (χ4n) is 2.38. The standard InChI is InChI=1S/C13H21NO/c1-9-5-10(2)12(11(3)6-9)13(4,7-14)8-15/h5-6,15H,7-8,14H2,1-4H3. The summed E-state index contributed by atoms with van der Waals surface area (Å²) in [6.07, 6.45) is 0. The Balaban J connectivity index is 3.36. The predicted octanol–water partition coefficient (Wildman–Crippen LogP) is 1.82. The molecule has 0 saturated heterocycles. The summed E-state index contributed by atoms with van der Waals surface area (Å²) in [6.45, 7) is 8.82. The molecule has 2 nitrogen and oxygen atoms in total. The zero-order valence-electron chi connectivity index (χ0n) is 10.1. The molecule has 1 aromatic carbocycles. The highest BCUT2D eigenvalue weighted by Gasteiger charge is 2.27. The molecule has 0 spiro atoms. The Morgan fingerprint density at radius 1 is 1.20 bits per heavy atom. The van der Waals surface area contributed by atoms with Gasteiger partial charge < -0.3 is 10.8 Å². The van der Waals surface area contributed by atoms with Gasteiger partial charge in [-0.05, 0) is 37.5 Å². The lowest BCUT2D eigenvalue weighted by Gasteiger charge is -2.30. The quantitative estimate of drug-likeness (QED) is 0.794. The molecule has 3 N–H and O–H groups in total. The van der Waals surface area contributed by atoms with Crippen molar-refractivity contribution in [2.45, 2.75) is 33.1 Å². The van der Waals surface area contributed by atoms with Crippen molar-refractivity contribution in [3.8, 4) is 0 Å². The van der Waals surface area contributed by atoms with Gasteiger partial charge in [0.05, 0.1) is 6.61 Å². The Kier molecular flexibility index (Phi) is 3.53. The van der Waals surface area contributed by atoms with Crippen LogP contribution in [0.5, 0.6) is 0 Å². The third-order valence-corrected chi connectivity index (χ3v) is 3.08. The number of aliphatic hydroxyl groups is 1. The lowest BCUT2D eigenvalue weighted by Crippen LogP contribution is -2.37. The van der Waals surface area contributed by atoms with Gasteiger partial charge in [-0.1, -0.05) is 24.6 Å². The second-order valence-electron chi connectivity index (χ2n) is 4.70. The van der Waals surface area contributed by atoms with Gasteiger partial charge in [0.1, 0.15) is 0 Å². The van der Waals surface area contributed by atoms with Crippen LogP contribution in [0.15, 0.2) is 12.1 Å². The van der Waals surface area contributed by atoms with Crippen LogP contribution >= 0.6 is 0 Å². The molecule has 0 bridgehead atoms. The van der Waals surface area contributed by atoms with Crippen LogP contribution in [0.1, 0.15) is 29.2 Å². The van der Waals surface area contributed by atoms with E-state index in [0.717, 1.165) is 0 Å². The smallest absolute Gasteiger partial charge is 0.0537 e. The zero-order valence-corrected chi connectivity index (χ0v) is 10.1. The topological polar surface area (TPSA) is 46.2 Å². The Morgan fingerprint density at radius 3 is 2.00 bits per heavy atom. The molecule has 1 aromatic rings. The summed E-state index contributed by atoms with van der Waals surface area (Å²) in [5.41, 5.74) is 10.3. The van der Waals surface area contributed by atoms with Gasteiger partial charge in [0.15, 0.2) is 0 Å². The molecule has 0 saturated carbocycles. The van der Waals surface area contributed by atoms with Crippen molar-refractivity contribution in [3.05, 3.63) is 34.4 Å². The van der Waals surface area contributed by atoms with Crippen LogP contribution in [0.4, 0.5) is 0 Å². The van der Waals surface area contributed by atoms with Crippen LogP contribution in [-0.2, 0) is 5.41 Å². The second-order valence-corrected chi connectivity index (χ2v) is 4.70. The number of aliphatic hydroxyl groups excluding tert-OH is 1. The maximum absolute atomic E-state index is 9.48. The lowest BCUT2D eigenvalue weighted by molar-refractivity contribution is 0.209. The van der Waals surface area contributed by atoms with Crippen LogP contribution in [0.2, 0.25) is 0 Å². The highest BCUT2D eigenvalue weighted by atomic mass is 16.3. The largest absolute Gasteiger partial charge is 0.395 e. The lowest BCUT2D eigenvalue weighted by atomic mass is 9.78. The first-order valence-corrected chi connectivity index (χ1v) is 5.34. The van der Waals surface area contributed by atoms with E-state index in [1.165, 1.54) is 22.3 Å². The molecule has 0 heterocycles. The fourth-order valence-corrected chi connectivity index (χ4v) is 2.38. The van der Waals surface area contributed by atoms with Crippen molar-refractivity contribution < 1.29 is 5.11 Å². The molecule has 0 amide bonds. The van der Waals surface area contributed by atoms with Crippen molar-refractivity contribution in [1.82, 2.24) is 0 Å². The summed E-state index contributed by atoms with van der Waals surface area (Å²) in [6, 6.07) is 4.29. The molecule has 15 heavy (non-hydrogen) atoms. The Morgan fingerprint density at radius 2 is 1.67 bits per heavy atom. The number of aryl methyl sites for hydroxylation is 3. The molecular weight excluding hydrogens is 186 g/mol. The molecule has 0 aliphatic rings. The first-order chi connectivity index (χ1) is 6.94. The first kappa shape index (κ1) is 12.2. The highest BCUT2D eigenvalue weighted by molar-refractivity contribution is 5.42. The van der Waals surface area contributed by atoms with Crippen molar-refractivity contribution in [2.75, 3.05) is 13.2 Å². The van der Waals surface area contributed by atoms with Gasteiger partial charge in [-0.25, -0.2) is 0 Å². The molecule has 0 fully saturated rings.